The minimum atomic E-state index is -0.467. The van der Waals surface area contributed by atoms with Gasteiger partial charge >= 0.3 is 0 Å². The average molecular weight is 391 g/mol. The molecule has 1 aliphatic heterocycles. The summed E-state index contributed by atoms with van der Waals surface area (Å²) in [7, 11) is 1.72. The molecule has 2 aliphatic rings. The number of amides is 2. The molecule has 1 saturated carbocycles. The van der Waals surface area contributed by atoms with Gasteiger partial charge in [0.25, 0.3) is 0 Å². The van der Waals surface area contributed by atoms with Gasteiger partial charge in [0, 0.05) is 26.1 Å². The molecule has 4 rings (SSSR count). The Morgan fingerprint density at radius 3 is 2.28 bits per heavy atom. The number of hydrogen-bond acceptors (Lipinski definition) is 2. The van der Waals surface area contributed by atoms with E-state index in [4.69, 9.17) is 0 Å². The second kappa shape index (κ2) is 8.02. The summed E-state index contributed by atoms with van der Waals surface area (Å²) in [5.74, 6) is 1.10. The van der Waals surface area contributed by atoms with Crippen molar-refractivity contribution in [1.29, 1.82) is 0 Å². The van der Waals surface area contributed by atoms with Gasteiger partial charge < -0.3 is 10.2 Å². The SMILES string of the molecule is CNC(=O)C1(Cc2ccccc2-c2ccccc2)CCN(C(=O)[C@@H]2C[C@@H]2C)CC1. The Hall–Kier alpha value is -2.62. The molecule has 1 heterocycles. The predicted octanol–water partition coefficient (Wildman–Crippen LogP) is 3.91. The summed E-state index contributed by atoms with van der Waals surface area (Å²) in [6.07, 6.45) is 3.13. The fraction of sp³-hybridized carbons (Fsp3) is 0.440. The van der Waals surface area contributed by atoms with Gasteiger partial charge in [0.15, 0.2) is 0 Å². The molecule has 0 aromatic heterocycles. The van der Waals surface area contributed by atoms with E-state index in [1.165, 1.54) is 16.7 Å². The maximum absolute atomic E-state index is 13.0. The second-order valence-corrected chi connectivity index (χ2v) is 8.70. The molecule has 1 saturated heterocycles. The summed E-state index contributed by atoms with van der Waals surface area (Å²) < 4.78 is 0. The van der Waals surface area contributed by atoms with E-state index in [2.05, 4.69) is 42.6 Å². The van der Waals surface area contributed by atoms with Crippen LogP contribution in [0.3, 0.4) is 0 Å². The van der Waals surface area contributed by atoms with Crippen LogP contribution in [0.1, 0.15) is 31.7 Å². The van der Waals surface area contributed by atoms with Gasteiger partial charge in [0.1, 0.15) is 0 Å². The molecule has 2 amide bonds. The molecule has 2 fully saturated rings. The van der Waals surface area contributed by atoms with Crippen molar-refractivity contribution in [3.05, 3.63) is 60.2 Å². The van der Waals surface area contributed by atoms with E-state index < -0.39 is 5.41 Å². The summed E-state index contributed by atoms with van der Waals surface area (Å²) in [6, 6.07) is 18.7. The molecule has 2 aromatic rings. The lowest BCUT2D eigenvalue weighted by molar-refractivity contribution is -0.141. The van der Waals surface area contributed by atoms with E-state index in [0.717, 1.165) is 6.42 Å². The number of rotatable bonds is 5. The zero-order valence-electron chi connectivity index (χ0n) is 17.4. The van der Waals surface area contributed by atoms with Gasteiger partial charge in [-0.05, 0) is 48.3 Å². The maximum Gasteiger partial charge on any atom is 0.226 e. The highest BCUT2D eigenvalue weighted by molar-refractivity contribution is 5.85. The van der Waals surface area contributed by atoms with Gasteiger partial charge in [-0.3, -0.25) is 9.59 Å². The molecule has 0 bridgehead atoms. The quantitative estimate of drug-likeness (QED) is 0.842. The summed E-state index contributed by atoms with van der Waals surface area (Å²) in [4.78, 5) is 27.6. The topological polar surface area (TPSA) is 49.4 Å². The molecule has 152 valence electrons. The van der Waals surface area contributed by atoms with Crippen molar-refractivity contribution >= 4 is 11.8 Å². The van der Waals surface area contributed by atoms with Crippen molar-refractivity contribution in [2.45, 2.75) is 32.6 Å². The van der Waals surface area contributed by atoms with E-state index in [-0.39, 0.29) is 17.7 Å². The van der Waals surface area contributed by atoms with E-state index in [9.17, 15) is 9.59 Å². The highest BCUT2D eigenvalue weighted by atomic mass is 16.2. The average Bonchev–Trinajstić information content (AvgIpc) is 3.50. The van der Waals surface area contributed by atoms with Crippen LogP contribution in [0, 0.1) is 17.3 Å². The maximum atomic E-state index is 13.0. The Kier molecular flexibility index (Phi) is 5.44. The van der Waals surface area contributed by atoms with E-state index in [1.54, 1.807) is 7.05 Å². The van der Waals surface area contributed by atoms with Gasteiger partial charge in [-0.15, -0.1) is 0 Å². The van der Waals surface area contributed by atoms with Crippen LogP contribution >= 0.6 is 0 Å². The third kappa shape index (κ3) is 3.93. The molecule has 0 unspecified atom stereocenters. The Morgan fingerprint density at radius 2 is 1.66 bits per heavy atom. The Balaban J connectivity index is 1.57. The van der Waals surface area contributed by atoms with Crippen LogP contribution in [-0.2, 0) is 16.0 Å². The zero-order valence-corrected chi connectivity index (χ0v) is 17.4. The monoisotopic (exact) mass is 390 g/mol. The fourth-order valence-electron chi connectivity index (χ4n) is 4.74. The van der Waals surface area contributed by atoms with Crippen molar-refractivity contribution in [1.82, 2.24) is 10.2 Å². The molecule has 4 heteroatoms. The van der Waals surface area contributed by atoms with Crippen LogP contribution < -0.4 is 5.32 Å². The lowest BCUT2D eigenvalue weighted by Crippen LogP contribution is -2.51. The van der Waals surface area contributed by atoms with Crippen LogP contribution in [0.15, 0.2) is 54.6 Å². The second-order valence-electron chi connectivity index (χ2n) is 8.70. The molecule has 2 aromatic carbocycles. The lowest BCUT2D eigenvalue weighted by atomic mass is 9.72. The number of carbonyl (C=O) groups excluding carboxylic acids is 2. The fourth-order valence-corrected chi connectivity index (χ4v) is 4.74. The van der Waals surface area contributed by atoms with Crippen molar-refractivity contribution in [2.24, 2.45) is 17.3 Å². The first-order chi connectivity index (χ1) is 14.0. The predicted molar refractivity (Wildman–Crippen MR) is 115 cm³/mol. The number of hydrogen-bond donors (Lipinski definition) is 1. The van der Waals surface area contributed by atoms with Crippen molar-refractivity contribution < 1.29 is 9.59 Å². The van der Waals surface area contributed by atoms with Crippen molar-refractivity contribution in [3.8, 4) is 11.1 Å². The highest BCUT2D eigenvalue weighted by Gasteiger charge is 2.46. The van der Waals surface area contributed by atoms with Crippen LogP contribution in [0.2, 0.25) is 0 Å². The van der Waals surface area contributed by atoms with Crippen molar-refractivity contribution in [2.75, 3.05) is 20.1 Å². The molecule has 2 atom stereocenters. The number of likely N-dealkylation sites (tertiary alicyclic amines) is 1. The van der Waals surface area contributed by atoms with Crippen LogP contribution in [0.5, 0.6) is 0 Å². The standard InChI is InChI=1S/C25H30N2O2/c1-18-16-22(18)23(28)27-14-12-25(13-15-27,24(29)26-2)17-20-10-6-7-11-21(20)19-8-4-3-5-9-19/h3-11,18,22H,12-17H2,1-2H3,(H,26,29)/t18-,22+/m0/s1. The molecule has 1 aliphatic carbocycles. The number of piperidine rings is 1. The number of nitrogens with one attached hydrogen (secondary N) is 1. The lowest BCUT2D eigenvalue weighted by Gasteiger charge is -2.41. The summed E-state index contributed by atoms with van der Waals surface area (Å²) in [5.41, 5.74) is 3.08. The van der Waals surface area contributed by atoms with Gasteiger partial charge in [-0.25, -0.2) is 0 Å². The molecule has 1 N–H and O–H groups in total. The molecular formula is C25H30N2O2. The van der Waals surface area contributed by atoms with Crippen LogP contribution in [0.25, 0.3) is 11.1 Å². The highest BCUT2D eigenvalue weighted by Crippen LogP contribution is 2.42. The Morgan fingerprint density at radius 1 is 1.03 bits per heavy atom. The number of benzene rings is 2. The normalized spacial score (nSPS) is 22.8. The smallest absolute Gasteiger partial charge is 0.226 e. The third-order valence-corrected chi connectivity index (χ3v) is 6.80. The van der Waals surface area contributed by atoms with E-state index in [1.807, 2.05) is 29.2 Å². The first kappa shape index (κ1) is 19.7. The summed E-state index contributed by atoms with van der Waals surface area (Å²) in [5, 5.41) is 2.90. The number of carbonyl (C=O) groups is 2. The van der Waals surface area contributed by atoms with Gasteiger partial charge in [-0.2, -0.15) is 0 Å². The molecule has 0 radical (unpaired) electrons. The summed E-state index contributed by atoms with van der Waals surface area (Å²) >= 11 is 0. The Bertz CT molecular complexity index is 885. The first-order valence-electron chi connectivity index (χ1n) is 10.7. The van der Waals surface area contributed by atoms with Crippen molar-refractivity contribution in [3.63, 3.8) is 0 Å². The van der Waals surface area contributed by atoms with E-state index >= 15 is 0 Å². The first-order valence-corrected chi connectivity index (χ1v) is 10.7. The largest absolute Gasteiger partial charge is 0.359 e. The number of nitrogens with zero attached hydrogens (tertiary/aromatic N) is 1. The minimum absolute atomic E-state index is 0.0900. The Labute approximate surface area is 173 Å². The molecule has 4 nitrogen and oxygen atoms in total. The third-order valence-electron chi connectivity index (χ3n) is 6.80. The summed E-state index contributed by atoms with van der Waals surface area (Å²) in [6.45, 7) is 3.48. The molecule has 0 spiro atoms. The van der Waals surface area contributed by atoms with Gasteiger partial charge in [0.05, 0.1) is 5.41 Å². The van der Waals surface area contributed by atoms with Gasteiger partial charge in [-0.1, -0.05) is 61.5 Å². The zero-order chi connectivity index (χ0) is 20.4. The van der Waals surface area contributed by atoms with Crippen LogP contribution in [-0.4, -0.2) is 36.9 Å². The molecular weight excluding hydrogens is 360 g/mol. The van der Waals surface area contributed by atoms with Gasteiger partial charge in [0.2, 0.25) is 11.8 Å². The minimum Gasteiger partial charge on any atom is -0.359 e. The van der Waals surface area contributed by atoms with Crippen LogP contribution in [0.4, 0.5) is 0 Å². The molecule has 29 heavy (non-hydrogen) atoms. The van der Waals surface area contributed by atoms with E-state index in [0.29, 0.717) is 38.3 Å².